The number of alkyl carbamates (subject to hydrolysis) is 1. The van der Waals surface area contributed by atoms with Gasteiger partial charge in [-0.25, -0.2) is 4.79 Å². The highest BCUT2D eigenvalue weighted by Crippen LogP contribution is 2.04. The molecule has 0 spiro atoms. The fourth-order valence-electron chi connectivity index (χ4n) is 1.91. The molecule has 1 atom stereocenters. The van der Waals surface area contributed by atoms with Crippen LogP contribution in [-0.4, -0.2) is 56.4 Å². The summed E-state index contributed by atoms with van der Waals surface area (Å²) in [5, 5.41) is 6.02. The number of ether oxygens (including phenoxy) is 1. The second kappa shape index (κ2) is 4.61. The van der Waals surface area contributed by atoms with Gasteiger partial charge < -0.3 is 15.4 Å². The summed E-state index contributed by atoms with van der Waals surface area (Å²) in [7, 11) is 0. The molecule has 5 nitrogen and oxygen atoms in total. The molecular formula is C9H17N3O2. The first kappa shape index (κ1) is 9.73. The summed E-state index contributed by atoms with van der Waals surface area (Å²) in [6.07, 6.45) is 0.942. The highest BCUT2D eigenvalue weighted by Gasteiger charge is 2.24. The smallest absolute Gasteiger partial charge is 0.407 e. The van der Waals surface area contributed by atoms with Crippen LogP contribution in [0.1, 0.15) is 6.42 Å². The third-order valence-electron chi connectivity index (χ3n) is 2.64. The monoisotopic (exact) mass is 199 g/mol. The molecule has 5 heteroatoms. The minimum Gasteiger partial charge on any atom is -0.443 e. The quantitative estimate of drug-likeness (QED) is 0.623. The van der Waals surface area contributed by atoms with Crippen LogP contribution in [0.15, 0.2) is 0 Å². The van der Waals surface area contributed by atoms with E-state index in [9.17, 15) is 4.79 Å². The first-order valence-electron chi connectivity index (χ1n) is 5.22. The van der Waals surface area contributed by atoms with Crippen molar-refractivity contribution in [3.05, 3.63) is 0 Å². The zero-order valence-corrected chi connectivity index (χ0v) is 8.29. The zero-order chi connectivity index (χ0) is 9.80. The molecule has 0 bridgehead atoms. The van der Waals surface area contributed by atoms with Crippen molar-refractivity contribution >= 4 is 6.09 Å². The van der Waals surface area contributed by atoms with Crippen LogP contribution in [0.5, 0.6) is 0 Å². The number of nitrogens with one attached hydrogen (secondary N) is 2. The first-order valence-corrected chi connectivity index (χ1v) is 5.22. The first-order chi connectivity index (χ1) is 6.84. The summed E-state index contributed by atoms with van der Waals surface area (Å²) in [6, 6.07) is 0. The molecule has 0 aromatic heterocycles. The molecule has 0 aromatic rings. The van der Waals surface area contributed by atoms with E-state index in [0.717, 1.165) is 32.7 Å². The Morgan fingerprint density at radius 1 is 1.43 bits per heavy atom. The lowest BCUT2D eigenvalue weighted by Gasteiger charge is -2.21. The average Bonchev–Trinajstić information content (AvgIpc) is 2.43. The molecule has 14 heavy (non-hydrogen) atoms. The lowest BCUT2D eigenvalue weighted by Crippen LogP contribution is -2.36. The molecule has 2 saturated heterocycles. The summed E-state index contributed by atoms with van der Waals surface area (Å²) in [5.74, 6) is 0. The molecule has 80 valence electrons. The van der Waals surface area contributed by atoms with Crippen LogP contribution in [0.2, 0.25) is 0 Å². The molecule has 2 heterocycles. The summed E-state index contributed by atoms with van der Waals surface area (Å²) < 4.78 is 5.09. The molecule has 0 aromatic carbocycles. The van der Waals surface area contributed by atoms with Gasteiger partial charge in [0, 0.05) is 19.6 Å². The number of hydrogen-bond donors (Lipinski definition) is 2. The van der Waals surface area contributed by atoms with Crippen molar-refractivity contribution < 1.29 is 9.53 Å². The molecule has 0 aliphatic carbocycles. The minimum atomic E-state index is -0.275. The maximum atomic E-state index is 10.8. The second-order valence-corrected chi connectivity index (χ2v) is 3.81. The molecule has 1 unspecified atom stereocenters. The predicted octanol–water partition coefficient (Wildman–Crippen LogP) is -0.610. The second-order valence-electron chi connectivity index (χ2n) is 3.81. The van der Waals surface area contributed by atoms with Crippen LogP contribution in [0.3, 0.4) is 0 Å². The van der Waals surface area contributed by atoms with Gasteiger partial charge in [-0.2, -0.15) is 0 Å². The number of cyclic esters (lactones) is 1. The summed E-state index contributed by atoms with van der Waals surface area (Å²) in [5.41, 5.74) is 0. The summed E-state index contributed by atoms with van der Waals surface area (Å²) in [4.78, 5) is 13.2. The SMILES string of the molecule is O=C1NCC(CN2CCCNCC2)O1. The van der Waals surface area contributed by atoms with Gasteiger partial charge in [-0.05, 0) is 19.5 Å². The van der Waals surface area contributed by atoms with Gasteiger partial charge >= 0.3 is 6.09 Å². The Morgan fingerprint density at radius 2 is 2.36 bits per heavy atom. The maximum Gasteiger partial charge on any atom is 0.407 e. The molecule has 2 aliphatic heterocycles. The Balaban J connectivity index is 1.75. The summed E-state index contributed by atoms with van der Waals surface area (Å²) >= 11 is 0. The molecule has 2 N–H and O–H groups in total. The molecule has 2 aliphatic rings. The van der Waals surface area contributed by atoms with Gasteiger partial charge in [-0.3, -0.25) is 4.90 Å². The number of carbonyl (C=O) groups excluding carboxylic acids is 1. The van der Waals surface area contributed by atoms with Crippen molar-refractivity contribution in [1.82, 2.24) is 15.5 Å². The van der Waals surface area contributed by atoms with Crippen LogP contribution in [0, 0.1) is 0 Å². The molecule has 0 radical (unpaired) electrons. The number of nitrogens with zero attached hydrogens (tertiary/aromatic N) is 1. The van der Waals surface area contributed by atoms with Crippen LogP contribution in [0.25, 0.3) is 0 Å². The highest BCUT2D eigenvalue weighted by atomic mass is 16.6. The normalized spacial score (nSPS) is 29.4. The third-order valence-corrected chi connectivity index (χ3v) is 2.64. The molecule has 0 saturated carbocycles. The van der Waals surface area contributed by atoms with Crippen molar-refractivity contribution in [1.29, 1.82) is 0 Å². The highest BCUT2D eigenvalue weighted by molar-refractivity contribution is 5.69. The van der Waals surface area contributed by atoms with Gasteiger partial charge in [-0.1, -0.05) is 0 Å². The van der Waals surface area contributed by atoms with Gasteiger partial charge in [0.05, 0.1) is 6.54 Å². The molecule has 2 rings (SSSR count). The van der Waals surface area contributed by atoms with Crippen LogP contribution >= 0.6 is 0 Å². The van der Waals surface area contributed by atoms with E-state index >= 15 is 0 Å². The topological polar surface area (TPSA) is 53.6 Å². The van der Waals surface area contributed by atoms with Crippen molar-refractivity contribution in [2.45, 2.75) is 12.5 Å². The zero-order valence-electron chi connectivity index (χ0n) is 8.29. The van der Waals surface area contributed by atoms with E-state index in [-0.39, 0.29) is 12.2 Å². The van der Waals surface area contributed by atoms with E-state index in [2.05, 4.69) is 15.5 Å². The van der Waals surface area contributed by atoms with Crippen molar-refractivity contribution in [3.8, 4) is 0 Å². The van der Waals surface area contributed by atoms with Crippen LogP contribution in [-0.2, 0) is 4.74 Å². The third kappa shape index (κ3) is 2.59. The van der Waals surface area contributed by atoms with Gasteiger partial charge in [0.15, 0.2) is 0 Å². The van der Waals surface area contributed by atoms with E-state index in [1.165, 1.54) is 6.42 Å². The lowest BCUT2D eigenvalue weighted by molar-refractivity contribution is 0.110. The van der Waals surface area contributed by atoms with E-state index in [4.69, 9.17) is 4.74 Å². The Kier molecular flexibility index (Phi) is 3.21. The summed E-state index contributed by atoms with van der Waals surface area (Å²) in [6.45, 7) is 5.80. The number of amides is 1. The van der Waals surface area contributed by atoms with E-state index < -0.39 is 0 Å². The van der Waals surface area contributed by atoms with E-state index in [1.807, 2.05) is 0 Å². The number of hydrogen-bond acceptors (Lipinski definition) is 4. The van der Waals surface area contributed by atoms with Crippen LogP contribution in [0.4, 0.5) is 4.79 Å². The van der Waals surface area contributed by atoms with Gasteiger partial charge in [0.1, 0.15) is 6.10 Å². The van der Waals surface area contributed by atoms with Crippen LogP contribution < -0.4 is 10.6 Å². The Bertz CT molecular complexity index is 202. The Morgan fingerprint density at radius 3 is 3.14 bits per heavy atom. The number of rotatable bonds is 2. The largest absolute Gasteiger partial charge is 0.443 e. The molecule has 1 amide bonds. The fraction of sp³-hybridized carbons (Fsp3) is 0.889. The van der Waals surface area contributed by atoms with Gasteiger partial charge in [0.25, 0.3) is 0 Å². The van der Waals surface area contributed by atoms with Gasteiger partial charge in [0.2, 0.25) is 0 Å². The standard InChI is InChI=1S/C9H17N3O2/c13-9-11-6-8(14-9)7-12-4-1-2-10-3-5-12/h8,10H,1-7H2,(H,11,13). The average molecular weight is 199 g/mol. The fourth-order valence-corrected chi connectivity index (χ4v) is 1.91. The lowest BCUT2D eigenvalue weighted by atomic mass is 10.3. The molecular weight excluding hydrogens is 182 g/mol. The Labute approximate surface area is 83.8 Å². The molecule has 2 fully saturated rings. The van der Waals surface area contributed by atoms with Crippen molar-refractivity contribution in [2.75, 3.05) is 39.3 Å². The van der Waals surface area contributed by atoms with Gasteiger partial charge in [-0.15, -0.1) is 0 Å². The minimum absolute atomic E-state index is 0.0422. The van der Waals surface area contributed by atoms with Crippen molar-refractivity contribution in [3.63, 3.8) is 0 Å². The van der Waals surface area contributed by atoms with E-state index in [1.54, 1.807) is 0 Å². The maximum absolute atomic E-state index is 10.8. The van der Waals surface area contributed by atoms with Crippen molar-refractivity contribution in [2.24, 2.45) is 0 Å². The predicted molar refractivity (Wildman–Crippen MR) is 52.2 cm³/mol. The Hall–Kier alpha value is -0.810. The van der Waals surface area contributed by atoms with E-state index in [0.29, 0.717) is 6.54 Å². The number of carbonyl (C=O) groups is 1.